The molecule has 0 spiro atoms. The number of nitrogen functional groups attached to an aromatic ring is 1. The molecule has 0 fully saturated rings. The first-order chi connectivity index (χ1) is 11.4. The lowest BCUT2D eigenvalue weighted by Crippen LogP contribution is -2.39. The number of aryl methyl sites for hydroxylation is 2. The minimum absolute atomic E-state index is 0.368. The lowest BCUT2D eigenvalue weighted by atomic mass is 10.2. The van der Waals surface area contributed by atoms with Gasteiger partial charge < -0.3 is 24.3 Å². The van der Waals surface area contributed by atoms with Gasteiger partial charge in [-0.25, -0.2) is 0 Å². The first kappa shape index (κ1) is 15.7. The summed E-state index contributed by atoms with van der Waals surface area (Å²) >= 11 is 0. The smallest absolute Gasteiger partial charge is 0.316 e. The second kappa shape index (κ2) is 5.77. The van der Waals surface area contributed by atoms with Gasteiger partial charge in [-0.2, -0.15) is 0 Å². The van der Waals surface area contributed by atoms with Crippen LogP contribution in [0.1, 0.15) is 0 Å². The van der Waals surface area contributed by atoms with E-state index in [0.717, 1.165) is 0 Å². The number of rotatable bonds is 3. The summed E-state index contributed by atoms with van der Waals surface area (Å²) in [6, 6.07) is 10.3. The first-order valence-corrected chi connectivity index (χ1v) is 7.23. The topological polar surface area (TPSA) is 88.5 Å². The molecule has 0 aliphatic rings. The van der Waals surface area contributed by atoms with E-state index in [-0.39, 0.29) is 0 Å². The van der Waals surface area contributed by atoms with Crippen LogP contribution >= 0.6 is 0 Å². The van der Waals surface area contributed by atoms with Crippen LogP contribution in [0.3, 0.4) is 0 Å². The highest BCUT2D eigenvalue weighted by molar-refractivity contribution is 5.82. The van der Waals surface area contributed by atoms with E-state index < -0.39 is 11.1 Å². The molecule has 0 unspecified atom stereocenters. The minimum atomic E-state index is -0.606. The van der Waals surface area contributed by atoms with Crippen LogP contribution in [0.25, 0.3) is 11.0 Å². The molecular formula is C17H17N3O4. The molecule has 0 amide bonds. The Morgan fingerprint density at radius 3 is 1.92 bits per heavy atom. The van der Waals surface area contributed by atoms with Crippen LogP contribution in [0.2, 0.25) is 0 Å². The summed E-state index contributed by atoms with van der Waals surface area (Å²) in [6.07, 6.45) is 0. The third-order valence-electron chi connectivity index (χ3n) is 3.91. The summed E-state index contributed by atoms with van der Waals surface area (Å²) in [6.45, 7) is 0. The van der Waals surface area contributed by atoms with E-state index in [4.69, 9.17) is 15.2 Å². The lowest BCUT2D eigenvalue weighted by Gasteiger charge is -2.14. The molecule has 0 atom stereocenters. The van der Waals surface area contributed by atoms with E-state index in [9.17, 15) is 9.59 Å². The monoisotopic (exact) mass is 327 g/mol. The zero-order valence-corrected chi connectivity index (χ0v) is 13.6. The third-order valence-corrected chi connectivity index (χ3v) is 3.91. The van der Waals surface area contributed by atoms with Crippen molar-refractivity contribution in [2.24, 2.45) is 14.1 Å². The fourth-order valence-corrected chi connectivity index (χ4v) is 2.48. The van der Waals surface area contributed by atoms with E-state index >= 15 is 0 Å². The number of anilines is 1. The van der Waals surface area contributed by atoms with E-state index in [2.05, 4.69) is 0 Å². The SMILES string of the molecule is COc1ccc(Oc2cc3c(cc2N)n(C)c(=O)c(=O)n3C)cc1. The Morgan fingerprint density at radius 1 is 0.875 bits per heavy atom. The van der Waals surface area contributed by atoms with Gasteiger partial charge in [0, 0.05) is 20.2 Å². The molecule has 0 aliphatic carbocycles. The Bertz CT molecular complexity index is 1030. The largest absolute Gasteiger partial charge is 0.497 e. The average molecular weight is 327 g/mol. The normalized spacial score (nSPS) is 10.8. The van der Waals surface area contributed by atoms with Gasteiger partial charge in [0.05, 0.1) is 23.8 Å². The molecule has 0 aliphatic heterocycles. The third kappa shape index (κ3) is 2.50. The van der Waals surface area contributed by atoms with Gasteiger partial charge in [0.15, 0.2) is 5.75 Å². The van der Waals surface area contributed by atoms with E-state index in [1.54, 1.807) is 50.6 Å². The average Bonchev–Trinajstić information content (AvgIpc) is 2.60. The van der Waals surface area contributed by atoms with Gasteiger partial charge in [0.25, 0.3) is 0 Å². The van der Waals surface area contributed by atoms with Crippen molar-refractivity contribution < 1.29 is 9.47 Å². The zero-order chi connectivity index (χ0) is 17.4. The summed E-state index contributed by atoms with van der Waals surface area (Å²) in [5.41, 5.74) is 6.32. The summed E-state index contributed by atoms with van der Waals surface area (Å²) in [4.78, 5) is 23.9. The van der Waals surface area contributed by atoms with Crippen LogP contribution in [0.4, 0.5) is 5.69 Å². The maximum Gasteiger partial charge on any atom is 0.316 e. The standard InChI is InChI=1S/C17H17N3O4/c1-19-13-8-12(18)15(9-14(13)20(2)17(22)16(19)21)24-11-6-4-10(23-3)5-7-11/h4-9H,18H2,1-3H3. The van der Waals surface area contributed by atoms with E-state index in [0.29, 0.717) is 34.0 Å². The highest BCUT2D eigenvalue weighted by Gasteiger charge is 2.12. The van der Waals surface area contributed by atoms with Gasteiger partial charge in [-0.05, 0) is 30.3 Å². The predicted octanol–water partition coefficient (Wildman–Crippen LogP) is 1.62. The number of nitrogens with two attached hydrogens (primary N) is 1. The van der Waals surface area contributed by atoms with Crippen molar-refractivity contribution in [1.82, 2.24) is 9.13 Å². The zero-order valence-electron chi connectivity index (χ0n) is 13.6. The predicted molar refractivity (Wildman–Crippen MR) is 91.9 cm³/mol. The van der Waals surface area contributed by atoms with Crippen LogP contribution in [-0.4, -0.2) is 16.2 Å². The molecule has 24 heavy (non-hydrogen) atoms. The highest BCUT2D eigenvalue weighted by Crippen LogP contribution is 2.31. The molecule has 0 bridgehead atoms. The quantitative estimate of drug-likeness (QED) is 0.583. The van der Waals surface area contributed by atoms with Gasteiger partial charge in [0.2, 0.25) is 0 Å². The van der Waals surface area contributed by atoms with Crippen molar-refractivity contribution in [3.8, 4) is 17.2 Å². The molecule has 1 heterocycles. The van der Waals surface area contributed by atoms with Crippen LogP contribution < -0.4 is 26.3 Å². The summed E-state index contributed by atoms with van der Waals surface area (Å²) in [5, 5.41) is 0. The van der Waals surface area contributed by atoms with Crippen LogP contribution in [0.15, 0.2) is 46.0 Å². The van der Waals surface area contributed by atoms with Crippen LogP contribution in [0, 0.1) is 0 Å². The molecule has 0 saturated carbocycles. The molecule has 1 aromatic heterocycles. The minimum Gasteiger partial charge on any atom is -0.497 e. The maximum atomic E-state index is 12.0. The Balaban J connectivity index is 2.13. The van der Waals surface area contributed by atoms with Crippen molar-refractivity contribution >= 4 is 16.7 Å². The van der Waals surface area contributed by atoms with Crippen molar-refractivity contribution in [1.29, 1.82) is 0 Å². The van der Waals surface area contributed by atoms with Crippen molar-refractivity contribution in [3.63, 3.8) is 0 Å². The van der Waals surface area contributed by atoms with Gasteiger partial charge in [-0.15, -0.1) is 0 Å². The lowest BCUT2D eigenvalue weighted by molar-refractivity contribution is 0.413. The van der Waals surface area contributed by atoms with Gasteiger partial charge in [0.1, 0.15) is 11.5 Å². The Hall–Kier alpha value is -3.22. The number of nitrogens with zero attached hydrogens (tertiary/aromatic N) is 2. The molecule has 2 N–H and O–H groups in total. The number of benzene rings is 2. The Kier molecular flexibility index (Phi) is 3.76. The molecular weight excluding hydrogens is 310 g/mol. The summed E-state index contributed by atoms with van der Waals surface area (Å²) in [7, 11) is 4.66. The molecule has 0 radical (unpaired) electrons. The number of hydrogen-bond acceptors (Lipinski definition) is 5. The van der Waals surface area contributed by atoms with Crippen molar-refractivity contribution in [3.05, 3.63) is 57.1 Å². The fourth-order valence-electron chi connectivity index (χ4n) is 2.48. The van der Waals surface area contributed by atoms with Crippen molar-refractivity contribution in [2.45, 2.75) is 0 Å². The van der Waals surface area contributed by atoms with Crippen molar-refractivity contribution in [2.75, 3.05) is 12.8 Å². The Labute approximate surface area is 137 Å². The number of ether oxygens (including phenoxy) is 2. The summed E-state index contributed by atoms with van der Waals surface area (Å²) in [5.74, 6) is 1.70. The van der Waals surface area contributed by atoms with E-state index in [1.165, 1.54) is 16.2 Å². The maximum absolute atomic E-state index is 12.0. The first-order valence-electron chi connectivity index (χ1n) is 7.23. The molecule has 7 nitrogen and oxygen atoms in total. The number of hydrogen-bond donors (Lipinski definition) is 1. The summed E-state index contributed by atoms with van der Waals surface area (Å²) < 4.78 is 13.5. The molecule has 124 valence electrons. The number of aromatic nitrogens is 2. The van der Waals surface area contributed by atoms with Gasteiger partial charge in [-0.1, -0.05) is 0 Å². The molecule has 0 saturated heterocycles. The molecule has 7 heteroatoms. The van der Waals surface area contributed by atoms with Gasteiger partial charge in [-0.3, -0.25) is 9.59 Å². The molecule has 2 aromatic carbocycles. The number of methoxy groups -OCH3 is 1. The second-order valence-corrected chi connectivity index (χ2v) is 5.38. The second-order valence-electron chi connectivity index (χ2n) is 5.38. The van der Waals surface area contributed by atoms with E-state index in [1.807, 2.05) is 0 Å². The van der Waals surface area contributed by atoms with Crippen LogP contribution in [-0.2, 0) is 14.1 Å². The molecule has 3 rings (SSSR count). The van der Waals surface area contributed by atoms with Crippen LogP contribution in [0.5, 0.6) is 17.2 Å². The highest BCUT2D eigenvalue weighted by atomic mass is 16.5. The Morgan fingerprint density at radius 2 is 1.38 bits per heavy atom. The van der Waals surface area contributed by atoms with Gasteiger partial charge >= 0.3 is 11.1 Å². The molecule has 3 aromatic rings. The number of fused-ring (bicyclic) bond motifs is 1. The fraction of sp³-hybridized carbons (Fsp3) is 0.176.